The number of nitrogens with zero attached hydrogens (tertiary/aromatic N) is 1. The Morgan fingerprint density at radius 2 is 2.17 bits per heavy atom. The normalized spacial score (nSPS) is 27.4. The van der Waals surface area contributed by atoms with Crippen LogP contribution in [0, 0.1) is 0 Å². The molecule has 104 valence electrons. The molecule has 0 aromatic rings. The number of ether oxygens (including phenoxy) is 2. The fourth-order valence-corrected chi connectivity index (χ4v) is 2.03. The lowest BCUT2D eigenvalue weighted by Gasteiger charge is -2.40. The second kappa shape index (κ2) is 6.31. The molecule has 1 aliphatic rings. The maximum absolute atomic E-state index is 11.8. The van der Waals surface area contributed by atoms with Crippen molar-refractivity contribution in [3.63, 3.8) is 0 Å². The third-order valence-corrected chi connectivity index (χ3v) is 2.82. The summed E-state index contributed by atoms with van der Waals surface area (Å²) < 4.78 is 11.5. The molecule has 1 amide bonds. The maximum atomic E-state index is 11.8. The molecule has 0 aliphatic carbocycles. The number of hydrogen-bond donors (Lipinski definition) is 0. The zero-order valence-corrected chi connectivity index (χ0v) is 11.8. The van der Waals surface area contributed by atoms with Crippen LogP contribution in [0.15, 0.2) is 12.2 Å². The van der Waals surface area contributed by atoms with Crippen molar-refractivity contribution >= 4 is 5.91 Å². The summed E-state index contributed by atoms with van der Waals surface area (Å²) >= 11 is 0. The molecule has 18 heavy (non-hydrogen) atoms. The van der Waals surface area contributed by atoms with Gasteiger partial charge in [0.1, 0.15) is 0 Å². The standard InChI is InChI=1S/C13H23NO4/c1-6-7-10-8-11(18-13(2,3)17-10)9-12(15)14(4)16-5/h6-7,10-11H,8-9H2,1-5H3/b7-6+/t10-,11-/m1/s1. The molecule has 1 rings (SSSR count). The largest absolute Gasteiger partial charge is 0.347 e. The van der Waals surface area contributed by atoms with Gasteiger partial charge in [-0.2, -0.15) is 0 Å². The van der Waals surface area contributed by atoms with Crippen LogP contribution in [-0.4, -0.2) is 43.1 Å². The molecular formula is C13H23NO4. The first kappa shape index (κ1) is 15.1. The van der Waals surface area contributed by atoms with E-state index in [4.69, 9.17) is 14.3 Å². The van der Waals surface area contributed by atoms with E-state index in [1.165, 1.54) is 12.2 Å². The van der Waals surface area contributed by atoms with E-state index in [1.54, 1.807) is 7.05 Å². The summed E-state index contributed by atoms with van der Waals surface area (Å²) in [5.41, 5.74) is 0. The second-order valence-corrected chi connectivity index (χ2v) is 4.84. The van der Waals surface area contributed by atoms with Gasteiger partial charge in [0.25, 0.3) is 0 Å². The SMILES string of the molecule is C/C=C/[C@@H]1C[C@H](CC(=O)N(C)OC)OC(C)(C)O1. The van der Waals surface area contributed by atoms with Crippen molar-refractivity contribution < 1.29 is 19.1 Å². The highest BCUT2D eigenvalue weighted by Gasteiger charge is 2.35. The summed E-state index contributed by atoms with van der Waals surface area (Å²) in [6.07, 6.45) is 4.75. The monoisotopic (exact) mass is 257 g/mol. The van der Waals surface area contributed by atoms with Gasteiger partial charge in [-0.15, -0.1) is 0 Å². The average molecular weight is 257 g/mol. The minimum Gasteiger partial charge on any atom is -0.347 e. The lowest BCUT2D eigenvalue weighted by atomic mass is 10.0. The van der Waals surface area contributed by atoms with Gasteiger partial charge in [-0.3, -0.25) is 9.63 Å². The summed E-state index contributed by atoms with van der Waals surface area (Å²) in [4.78, 5) is 16.6. The number of allylic oxidation sites excluding steroid dienone is 1. The Labute approximate surface area is 109 Å². The molecular weight excluding hydrogens is 234 g/mol. The molecule has 0 N–H and O–H groups in total. The lowest BCUT2D eigenvalue weighted by Crippen LogP contribution is -2.45. The number of carbonyl (C=O) groups is 1. The van der Waals surface area contributed by atoms with Crippen LogP contribution in [0.25, 0.3) is 0 Å². The number of rotatable bonds is 4. The Kier molecular flexibility index (Phi) is 5.31. The second-order valence-electron chi connectivity index (χ2n) is 4.84. The van der Waals surface area contributed by atoms with Crippen molar-refractivity contribution in [1.82, 2.24) is 5.06 Å². The molecule has 0 bridgehead atoms. The van der Waals surface area contributed by atoms with Gasteiger partial charge in [0.2, 0.25) is 5.91 Å². The average Bonchev–Trinajstić information content (AvgIpc) is 2.26. The van der Waals surface area contributed by atoms with Crippen molar-refractivity contribution in [1.29, 1.82) is 0 Å². The molecule has 5 heteroatoms. The van der Waals surface area contributed by atoms with Crippen molar-refractivity contribution in [2.75, 3.05) is 14.2 Å². The summed E-state index contributed by atoms with van der Waals surface area (Å²) in [5, 5.41) is 1.22. The van der Waals surface area contributed by atoms with Crippen molar-refractivity contribution in [2.24, 2.45) is 0 Å². The van der Waals surface area contributed by atoms with Crippen LogP contribution in [0.5, 0.6) is 0 Å². The first-order chi connectivity index (χ1) is 8.38. The number of amides is 1. The van der Waals surface area contributed by atoms with E-state index in [0.717, 1.165) is 0 Å². The topological polar surface area (TPSA) is 48.0 Å². The highest BCUT2D eigenvalue weighted by molar-refractivity contribution is 5.75. The molecule has 1 fully saturated rings. The van der Waals surface area contributed by atoms with Crippen LogP contribution in [0.4, 0.5) is 0 Å². The van der Waals surface area contributed by atoms with Crippen molar-refractivity contribution in [3.8, 4) is 0 Å². The van der Waals surface area contributed by atoms with Gasteiger partial charge in [0.05, 0.1) is 25.7 Å². The first-order valence-corrected chi connectivity index (χ1v) is 6.17. The molecule has 0 unspecified atom stereocenters. The van der Waals surface area contributed by atoms with Crippen LogP contribution >= 0.6 is 0 Å². The Hall–Kier alpha value is -0.910. The number of carbonyl (C=O) groups excluding carboxylic acids is 1. The van der Waals surface area contributed by atoms with E-state index in [0.29, 0.717) is 12.8 Å². The van der Waals surface area contributed by atoms with Crippen LogP contribution in [0.2, 0.25) is 0 Å². The Morgan fingerprint density at radius 1 is 1.50 bits per heavy atom. The van der Waals surface area contributed by atoms with E-state index in [-0.39, 0.29) is 18.1 Å². The van der Waals surface area contributed by atoms with Gasteiger partial charge in [0, 0.05) is 13.5 Å². The van der Waals surface area contributed by atoms with Gasteiger partial charge >= 0.3 is 0 Å². The molecule has 5 nitrogen and oxygen atoms in total. The third-order valence-electron chi connectivity index (χ3n) is 2.82. The van der Waals surface area contributed by atoms with Crippen molar-refractivity contribution in [3.05, 3.63) is 12.2 Å². The lowest BCUT2D eigenvalue weighted by molar-refractivity contribution is -0.291. The molecule has 2 atom stereocenters. The predicted octanol–water partition coefficient (Wildman–Crippen LogP) is 1.88. The molecule has 1 aliphatic heterocycles. The van der Waals surface area contributed by atoms with E-state index >= 15 is 0 Å². The van der Waals surface area contributed by atoms with E-state index in [2.05, 4.69) is 0 Å². The molecule has 0 aromatic carbocycles. The predicted molar refractivity (Wildman–Crippen MR) is 67.7 cm³/mol. The minimum absolute atomic E-state index is 0.00981. The Morgan fingerprint density at radius 3 is 2.72 bits per heavy atom. The summed E-state index contributed by atoms with van der Waals surface area (Å²) in [6.45, 7) is 5.67. The Bertz CT molecular complexity index is 314. The fourth-order valence-electron chi connectivity index (χ4n) is 2.03. The van der Waals surface area contributed by atoms with E-state index < -0.39 is 5.79 Å². The minimum atomic E-state index is -0.668. The highest BCUT2D eigenvalue weighted by atomic mass is 16.7. The van der Waals surface area contributed by atoms with E-state index in [9.17, 15) is 4.79 Å². The third kappa shape index (κ3) is 4.40. The quantitative estimate of drug-likeness (QED) is 0.570. The molecule has 0 saturated carbocycles. The fraction of sp³-hybridized carbons (Fsp3) is 0.769. The first-order valence-electron chi connectivity index (χ1n) is 6.17. The van der Waals surface area contributed by atoms with Gasteiger partial charge in [-0.25, -0.2) is 5.06 Å². The molecule has 1 saturated heterocycles. The van der Waals surface area contributed by atoms with Crippen molar-refractivity contribution in [2.45, 2.75) is 51.6 Å². The molecule has 0 radical (unpaired) electrons. The smallest absolute Gasteiger partial charge is 0.248 e. The summed E-state index contributed by atoms with van der Waals surface area (Å²) in [7, 11) is 3.06. The zero-order chi connectivity index (χ0) is 13.8. The summed E-state index contributed by atoms with van der Waals surface area (Å²) in [6, 6.07) is 0. The van der Waals surface area contributed by atoms with Crippen LogP contribution in [0.3, 0.4) is 0 Å². The van der Waals surface area contributed by atoms with Gasteiger partial charge < -0.3 is 9.47 Å². The number of hydrogen-bond acceptors (Lipinski definition) is 4. The summed E-state index contributed by atoms with van der Waals surface area (Å²) in [5.74, 6) is -0.765. The van der Waals surface area contributed by atoms with Crippen LogP contribution < -0.4 is 0 Å². The number of hydroxylamine groups is 2. The molecule has 1 heterocycles. The Balaban J connectivity index is 2.62. The van der Waals surface area contributed by atoms with E-state index in [1.807, 2.05) is 32.9 Å². The van der Waals surface area contributed by atoms with Crippen LogP contribution in [-0.2, 0) is 19.1 Å². The zero-order valence-electron chi connectivity index (χ0n) is 11.8. The molecule has 0 spiro atoms. The molecule has 0 aromatic heterocycles. The van der Waals surface area contributed by atoms with Gasteiger partial charge in [0.15, 0.2) is 5.79 Å². The maximum Gasteiger partial charge on any atom is 0.248 e. The van der Waals surface area contributed by atoms with Gasteiger partial charge in [-0.1, -0.05) is 12.2 Å². The van der Waals surface area contributed by atoms with Crippen LogP contribution in [0.1, 0.15) is 33.6 Å². The van der Waals surface area contributed by atoms with Gasteiger partial charge in [-0.05, 0) is 20.8 Å². The highest BCUT2D eigenvalue weighted by Crippen LogP contribution is 2.29.